The van der Waals surface area contributed by atoms with Gasteiger partial charge in [0.2, 0.25) is 0 Å². The summed E-state index contributed by atoms with van der Waals surface area (Å²) >= 11 is 0. The van der Waals surface area contributed by atoms with Gasteiger partial charge >= 0.3 is 0 Å². The molecule has 3 aromatic rings. The molecule has 2 heterocycles. The van der Waals surface area contributed by atoms with Crippen LogP contribution in [-0.2, 0) is 11.2 Å². The van der Waals surface area contributed by atoms with Gasteiger partial charge in [-0.15, -0.1) is 0 Å². The van der Waals surface area contributed by atoms with E-state index in [2.05, 4.69) is 28.1 Å². The second-order valence-corrected chi connectivity index (χ2v) is 8.04. The number of hydrogen-bond donors (Lipinski definition) is 2. The van der Waals surface area contributed by atoms with E-state index in [0.29, 0.717) is 5.71 Å². The van der Waals surface area contributed by atoms with Gasteiger partial charge in [0.05, 0.1) is 11.6 Å². The van der Waals surface area contributed by atoms with Crippen molar-refractivity contribution in [2.24, 2.45) is 0 Å². The molecule has 2 N–H and O–H groups in total. The van der Waals surface area contributed by atoms with E-state index in [1.54, 1.807) is 6.92 Å². The van der Waals surface area contributed by atoms with Gasteiger partial charge in [-0.25, -0.2) is 0 Å². The van der Waals surface area contributed by atoms with Crippen LogP contribution in [0.5, 0.6) is 0 Å². The molecular weight excluding hydrogens is 358 g/mol. The number of aromatic nitrogens is 1. The number of rotatable bonds is 7. The maximum Gasteiger partial charge on any atom is 0.144 e. The molecule has 1 unspecified atom stereocenters. The summed E-state index contributed by atoms with van der Waals surface area (Å²) in [5.74, 6) is -0.564. The van der Waals surface area contributed by atoms with E-state index in [4.69, 9.17) is 5.41 Å². The molecule has 1 aromatic heterocycles. The van der Waals surface area contributed by atoms with Crippen molar-refractivity contribution in [3.8, 4) is 0 Å². The standard InChI is InChI=1S/C25H29N3O/c1-18(29)23(24(26)19-10-4-2-5-11-19)25-21(14-17-28-15-8-3-9-16-28)20-12-6-7-13-22(20)27-25/h2,4-7,10-13,23,26-27H,3,8-9,14-17H2,1H3. The number of hydrogen-bond acceptors (Lipinski definition) is 3. The Labute approximate surface area is 172 Å². The average Bonchev–Trinajstić information content (AvgIpc) is 3.11. The van der Waals surface area contributed by atoms with Gasteiger partial charge in [0.25, 0.3) is 0 Å². The Morgan fingerprint density at radius 2 is 1.72 bits per heavy atom. The van der Waals surface area contributed by atoms with Crippen molar-refractivity contribution < 1.29 is 4.79 Å². The molecule has 1 saturated heterocycles. The lowest BCUT2D eigenvalue weighted by Gasteiger charge is -2.26. The third-order valence-electron chi connectivity index (χ3n) is 6.04. The molecule has 1 atom stereocenters. The summed E-state index contributed by atoms with van der Waals surface area (Å²) in [6.07, 6.45) is 4.77. The summed E-state index contributed by atoms with van der Waals surface area (Å²) in [5, 5.41) is 9.97. The zero-order valence-electron chi connectivity index (χ0n) is 17.1. The van der Waals surface area contributed by atoms with Gasteiger partial charge < -0.3 is 15.3 Å². The number of aromatic amines is 1. The molecule has 0 amide bonds. The van der Waals surface area contributed by atoms with E-state index in [1.165, 1.54) is 30.2 Å². The number of likely N-dealkylation sites (tertiary alicyclic amines) is 1. The number of piperidine rings is 1. The molecule has 1 aliphatic rings. The van der Waals surface area contributed by atoms with Crippen molar-refractivity contribution in [3.63, 3.8) is 0 Å². The number of fused-ring (bicyclic) bond motifs is 1. The zero-order valence-corrected chi connectivity index (χ0v) is 17.1. The molecule has 1 aliphatic heterocycles. The lowest BCUT2D eigenvalue weighted by Crippen LogP contribution is -2.32. The number of carbonyl (C=O) groups is 1. The van der Waals surface area contributed by atoms with Crippen LogP contribution in [0.3, 0.4) is 0 Å². The van der Waals surface area contributed by atoms with E-state index in [0.717, 1.165) is 42.8 Å². The first-order valence-electron chi connectivity index (χ1n) is 10.6. The van der Waals surface area contributed by atoms with Crippen molar-refractivity contribution in [1.29, 1.82) is 5.41 Å². The fourth-order valence-corrected chi connectivity index (χ4v) is 4.52. The molecular formula is C25H29N3O. The SMILES string of the molecule is CC(=O)C(C(=N)c1ccccc1)c1[nH]c2ccccc2c1CCN1CCCCC1. The van der Waals surface area contributed by atoms with Gasteiger partial charge in [0.1, 0.15) is 5.78 Å². The van der Waals surface area contributed by atoms with E-state index in [-0.39, 0.29) is 5.78 Å². The van der Waals surface area contributed by atoms with E-state index in [9.17, 15) is 4.79 Å². The van der Waals surface area contributed by atoms with Gasteiger partial charge in [0.15, 0.2) is 0 Å². The Bertz CT molecular complexity index is 999. The highest BCUT2D eigenvalue weighted by molar-refractivity contribution is 6.16. The van der Waals surface area contributed by atoms with Crippen LogP contribution in [0, 0.1) is 5.41 Å². The molecule has 0 spiro atoms. The first-order valence-corrected chi connectivity index (χ1v) is 10.6. The average molecular weight is 388 g/mol. The number of benzene rings is 2. The Morgan fingerprint density at radius 1 is 1.03 bits per heavy atom. The fraction of sp³-hybridized carbons (Fsp3) is 0.360. The number of nitrogens with zero attached hydrogens (tertiary/aromatic N) is 1. The number of H-pyrrole nitrogens is 1. The summed E-state index contributed by atoms with van der Waals surface area (Å²) in [5.41, 5.74) is 4.29. The summed E-state index contributed by atoms with van der Waals surface area (Å²) in [6.45, 7) is 4.92. The van der Waals surface area contributed by atoms with Gasteiger partial charge in [-0.3, -0.25) is 4.79 Å². The van der Waals surface area contributed by atoms with Crippen molar-refractivity contribution >= 4 is 22.4 Å². The molecule has 4 nitrogen and oxygen atoms in total. The van der Waals surface area contributed by atoms with Gasteiger partial charge in [0, 0.05) is 23.1 Å². The Morgan fingerprint density at radius 3 is 2.45 bits per heavy atom. The second kappa shape index (κ2) is 8.75. The van der Waals surface area contributed by atoms with Crippen LogP contribution >= 0.6 is 0 Å². The minimum Gasteiger partial charge on any atom is -0.357 e. The molecule has 1 fully saturated rings. The number of nitrogens with one attached hydrogen (secondary N) is 2. The van der Waals surface area contributed by atoms with Crippen molar-refractivity contribution in [2.75, 3.05) is 19.6 Å². The first-order chi connectivity index (χ1) is 14.1. The largest absolute Gasteiger partial charge is 0.357 e. The predicted molar refractivity (Wildman–Crippen MR) is 119 cm³/mol. The molecule has 29 heavy (non-hydrogen) atoms. The molecule has 4 rings (SSSR count). The van der Waals surface area contributed by atoms with E-state index in [1.807, 2.05) is 36.4 Å². The highest BCUT2D eigenvalue weighted by Crippen LogP contribution is 2.31. The lowest BCUT2D eigenvalue weighted by molar-refractivity contribution is -0.117. The molecule has 0 bridgehead atoms. The Kier molecular flexibility index (Phi) is 5.91. The van der Waals surface area contributed by atoms with Crippen LogP contribution in [0.4, 0.5) is 0 Å². The number of Topliss-reactive ketones (excluding diaryl/α,β-unsaturated/α-hetero) is 1. The highest BCUT2D eigenvalue weighted by Gasteiger charge is 2.28. The van der Waals surface area contributed by atoms with Gasteiger partial charge in [-0.1, -0.05) is 55.0 Å². The number of para-hydroxylation sites is 1. The normalized spacial score (nSPS) is 16.0. The molecule has 0 saturated carbocycles. The molecule has 0 radical (unpaired) electrons. The van der Waals surface area contributed by atoms with Crippen molar-refractivity contribution in [1.82, 2.24) is 9.88 Å². The van der Waals surface area contributed by atoms with Crippen LogP contribution in [0.25, 0.3) is 10.9 Å². The van der Waals surface area contributed by atoms with Gasteiger partial charge in [-0.05, 0) is 56.5 Å². The lowest BCUT2D eigenvalue weighted by atomic mass is 9.87. The minimum absolute atomic E-state index is 0.00429. The van der Waals surface area contributed by atoms with E-state index < -0.39 is 5.92 Å². The smallest absolute Gasteiger partial charge is 0.144 e. The number of carbonyl (C=O) groups excluding carboxylic acids is 1. The molecule has 150 valence electrons. The van der Waals surface area contributed by atoms with E-state index >= 15 is 0 Å². The third-order valence-corrected chi connectivity index (χ3v) is 6.04. The van der Waals surface area contributed by atoms with Crippen LogP contribution in [0.15, 0.2) is 54.6 Å². The second-order valence-electron chi connectivity index (χ2n) is 8.04. The summed E-state index contributed by atoms with van der Waals surface area (Å²) in [6, 6.07) is 17.9. The summed E-state index contributed by atoms with van der Waals surface area (Å²) < 4.78 is 0. The van der Waals surface area contributed by atoms with Crippen molar-refractivity contribution in [2.45, 2.75) is 38.5 Å². The number of ketones is 1. The van der Waals surface area contributed by atoms with Crippen molar-refractivity contribution in [3.05, 3.63) is 71.4 Å². The van der Waals surface area contributed by atoms with Crippen LogP contribution < -0.4 is 0 Å². The fourth-order valence-electron chi connectivity index (χ4n) is 4.52. The summed E-state index contributed by atoms with van der Waals surface area (Å²) in [7, 11) is 0. The zero-order chi connectivity index (χ0) is 20.2. The molecule has 2 aromatic carbocycles. The highest BCUT2D eigenvalue weighted by atomic mass is 16.1. The maximum absolute atomic E-state index is 12.7. The Balaban J connectivity index is 1.72. The third kappa shape index (κ3) is 4.18. The Hall–Kier alpha value is -2.72. The monoisotopic (exact) mass is 387 g/mol. The van der Waals surface area contributed by atoms with Gasteiger partial charge in [-0.2, -0.15) is 0 Å². The topological polar surface area (TPSA) is 60.0 Å². The van der Waals surface area contributed by atoms with Crippen LogP contribution in [-0.4, -0.2) is 41.0 Å². The summed E-state index contributed by atoms with van der Waals surface area (Å²) in [4.78, 5) is 18.8. The maximum atomic E-state index is 12.7. The van der Waals surface area contributed by atoms with Crippen LogP contribution in [0.1, 0.15) is 48.9 Å². The van der Waals surface area contributed by atoms with Crippen LogP contribution in [0.2, 0.25) is 0 Å². The quantitative estimate of drug-likeness (QED) is 0.564. The minimum atomic E-state index is -0.568. The molecule has 0 aliphatic carbocycles. The predicted octanol–water partition coefficient (Wildman–Crippen LogP) is 4.94. The molecule has 4 heteroatoms. The first kappa shape index (κ1) is 19.6.